The predicted molar refractivity (Wildman–Crippen MR) is 99.4 cm³/mol. The van der Waals surface area contributed by atoms with Gasteiger partial charge in [-0.25, -0.2) is 4.98 Å². The Kier molecular flexibility index (Phi) is 4.32. The maximum Gasteiger partial charge on any atom is 0.253 e. The molecule has 1 fully saturated rings. The van der Waals surface area contributed by atoms with E-state index in [1.807, 2.05) is 55.3 Å². The van der Waals surface area contributed by atoms with E-state index in [1.54, 1.807) is 0 Å². The van der Waals surface area contributed by atoms with Crippen LogP contribution in [0.15, 0.2) is 36.5 Å². The SMILES string of the molecule is Cc1cc(OC2CCN(C(=O)c3ccc4cc[nH]c4c3)CC2)nc(C)n1. The van der Waals surface area contributed by atoms with Crippen molar-refractivity contribution in [2.45, 2.75) is 32.8 Å². The molecule has 1 saturated heterocycles. The zero-order valence-corrected chi connectivity index (χ0v) is 15.0. The molecule has 6 heteroatoms. The van der Waals surface area contributed by atoms with Crippen LogP contribution < -0.4 is 4.74 Å². The van der Waals surface area contributed by atoms with Crippen LogP contribution in [-0.2, 0) is 0 Å². The number of nitrogens with zero attached hydrogens (tertiary/aromatic N) is 3. The van der Waals surface area contributed by atoms with E-state index in [4.69, 9.17) is 4.74 Å². The van der Waals surface area contributed by atoms with Gasteiger partial charge in [0, 0.05) is 55.0 Å². The third-order valence-corrected chi connectivity index (χ3v) is 4.76. The molecule has 0 saturated carbocycles. The smallest absolute Gasteiger partial charge is 0.253 e. The number of likely N-dealkylation sites (tertiary alicyclic amines) is 1. The Morgan fingerprint density at radius 3 is 2.73 bits per heavy atom. The van der Waals surface area contributed by atoms with Gasteiger partial charge in [-0.15, -0.1) is 0 Å². The summed E-state index contributed by atoms with van der Waals surface area (Å²) in [6.45, 7) is 5.18. The van der Waals surface area contributed by atoms with Crippen LogP contribution >= 0.6 is 0 Å². The maximum atomic E-state index is 12.8. The fourth-order valence-electron chi connectivity index (χ4n) is 3.45. The van der Waals surface area contributed by atoms with Crippen molar-refractivity contribution in [2.75, 3.05) is 13.1 Å². The summed E-state index contributed by atoms with van der Waals surface area (Å²) in [6, 6.07) is 9.66. The van der Waals surface area contributed by atoms with Gasteiger partial charge in [-0.05, 0) is 37.4 Å². The Bertz CT molecular complexity index is 922. The van der Waals surface area contributed by atoms with Crippen molar-refractivity contribution >= 4 is 16.8 Å². The number of rotatable bonds is 3. The molecule has 0 radical (unpaired) electrons. The molecular formula is C20H22N4O2. The standard InChI is InChI=1S/C20H22N4O2/c1-13-11-19(23-14(2)22-13)26-17-6-9-24(10-7-17)20(25)16-4-3-15-5-8-21-18(15)12-16/h3-5,8,11-12,17,21H,6-7,9-10H2,1-2H3. The van der Waals surface area contributed by atoms with E-state index in [-0.39, 0.29) is 12.0 Å². The van der Waals surface area contributed by atoms with Gasteiger partial charge in [0.2, 0.25) is 5.88 Å². The van der Waals surface area contributed by atoms with Gasteiger partial charge in [-0.2, -0.15) is 4.98 Å². The topological polar surface area (TPSA) is 71.1 Å². The van der Waals surface area contributed by atoms with Gasteiger partial charge in [-0.1, -0.05) is 6.07 Å². The zero-order chi connectivity index (χ0) is 18.1. The van der Waals surface area contributed by atoms with Crippen LogP contribution in [0.25, 0.3) is 10.9 Å². The molecule has 2 aromatic heterocycles. The summed E-state index contributed by atoms with van der Waals surface area (Å²) in [6.07, 6.45) is 3.58. The first-order valence-corrected chi connectivity index (χ1v) is 8.94. The Morgan fingerprint density at radius 2 is 1.96 bits per heavy atom. The monoisotopic (exact) mass is 350 g/mol. The minimum Gasteiger partial charge on any atom is -0.474 e. The van der Waals surface area contributed by atoms with Crippen molar-refractivity contribution in [2.24, 2.45) is 0 Å². The van der Waals surface area contributed by atoms with Gasteiger partial charge >= 0.3 is 0 Å². The van der Waals surface area contributed by atoms with Crippen LogP contribution in [-0.4, -0.2) is 45.0 Å². The largest absolute Gasteiger partial charge is 0.474 e. The quantitative estimate of drug-likeness (QED) is 0.787. The van der Waals surface area contributed by atoms with Crippen molar-refractivity contribution in [1.82, 2.24) is 19.9 Å². The summed E-state index contributed by atoms with van der Waals surface area (Å²) in [5, 5.41) is 1.11. The average molecular weight is 350 g/mol. The molecule has 1 aliphatic heterocycles. The molecular weight excluding hydrogens is 328 g/mol. The second kappa shape index (κ2) is 6.78. The Hall–Kier alpha value is -2.89. The highest BCUT2D eigenvalue weighted by Gasteiger charge is 2.25. The van der Waals surface area contributed by atoms with Gasteiger partial charge < -0.3 is 14.6 Å². The number of aryl methyl sites for hydroxylation is 2. The first kappa shape index (κ1) is 16.6. The fourth-order valence-corrected chi connectivity index (χ4v) is 3.45. The number of fused-ring (bicyclic) bond motifs is 1. The Labute approximate surface area is 152 Å². The van der Waals surface area contributed by atoms with Crippen molar-refractivity contribution < 1.29 is 9.53 Å². The number of carbonyl (C=O) groups excluding carboxylic acids is 1. The highest BCUT2D eigenvalue weighted by Crippen LogP contribution is 2.21. The molecule has 0 atom stereocenters. The average Bonchev–Trinajstić information content (AvgIpc) is 3.08. The van der Waals surface area contributed by atoms with Gasteiger partial charge in [0.1, 0.15) is 11.9 Å². The molecule has 1 aromatic carbocycles. The predicted octanol–water partition coefficient (Wildman–Crippen LogP) is 3.26. The molecule has 26 heavy (non-hydrogen) atoms. The molecule has 6 nitrogen and oxygen atoms in total. The summed E-state index contributed by atoms with van der Waals surface area (Å²) in [7, 11) is 0. The summed E-state index contributed by atoms with van der Waals surface area (Å²) >= 11 is 0. The molecule has 134 valence electrons. The number of ether oxygens (including phenoxy) is 1. The zero-order valence-electron chi connectivity index (χ0n) is 15.0. The first-order chi connectivity index (χ1) is 12.6. The molecule has 3 aromatic rings. The van der Waals surface area contributed by atoms with E-state index in [2.05, 4.69) is 15.0 Å². The number of carbonyl (C=O) groups is 1. The summed E-state index contributed by atoms with van der Waals surface area (Å²) < 4.78 is 6.00. The summed E-state index contributed by atoms with van der Waals surface area (Å²) in [5.74, 6) is 1.41. The molecule has 0 spiro atoms. The second-order valence-electron chi connectivity index (χ2n) is 6.78. The van der Waals surface area contributed by atoms with Gasteiger partial charge in [0.25, 0.3) is 5.91 Å². The second-order valence-corrected chi connectivity index (χ2v) is 6.78. The number of hydrogen-bond donors (Lipinski definition) is 1. The number of amides is 1. The number of H-pyrrole nitrogens is 1. The van der Waals surface area contributed by atoms with Gasteiger partial charge in [0.05, 0.1) is 0 Å². The van der Waals surface area contributed by atoms with Gasteiger partial charge in [0.15, 0.2) is 0 Å². The number of piperidine rings is 1. The summed E-state index contributed by atoms with van der Waals surface area (Å²) in [5.41, 5.74) is 2.62. The van der Waals surface area contributed by atoms with E-state index >= 15 is 0 Å². The van der Waals surface area contributed by atoms with Gasteiger partial charge in [-0.3, -0.25) is 4.79 Å². The molecule has 3 heterocycles. The molecule has 1 amide bonds. The van der Waals surface area contributed by atoms with Crippen LogP contribution in [0.3, 0.4) is 0 Å². The summed E-state index contributed by atoms with van der Waals surface area (Å²) in [4.78, 5) is 26.4. The number of aromatic nitrogens is 3. The Morgan fingerprint density at radius 1 is 1.15 bits per heavy atom. The van der Waals surface area contributed by atoms with Crippen LogP contribution in [0, 0.1) is 13.8 Å². The number of benzene rings is 1. The van der Waals surface area contributed by atoms with Crippen LogP contribution in [0.4, 0.5) is 0 Å². The highest BCUT2D eigenvalue weighted by molar-refractivity contribution is 5.98. The maximum absolute atomic E-state index is 12.8. The lowest BCUT2D eigenvalue weighted by atomic mass is 10.1. The van der Waals surface area contributed by atoms with Crippen LogP contribution in [0.2, 0.25) is 0 Å². The van der Waals surface area contributed by atoms with Crippen molar-refractivity contribution in [3.05, 3.63) is 53.6 Å². The third-order valence-electron chi connectivity index (χ3n) is 4.76. The van der Waals surface area contributed by atoms with Crippen LogP contribution in [0.1, 0.15) is 34.7 Å². The lowest BCUT2D eigenvalue weighted by Crippen LogP contribution is -2.41. The fraction of sp³-hybridized carbons (Fsp3) is 0.350. The minimum atomic E-state index is 0.0775. The molecule has 1 aliphatic rings. The van der Waals surface area contributed by atoms with E-state index in [0.717, 1.165) is 35.0 Å². The number of nitrogens with one attached hydrogen (secondary N) is 1. The first-order valence-electron chi connectivity index (χ1n) is 8.94. The molecule has 4 rings (SSSR count). The third kappa shape index (κ3) is 3.40. The van der Waals surface area contributed by atoms with E-state index in [1.165, 1.54) is 0 Å². The van der Waals surface area contributed by atoms with E-state index in [9.17, 15) is 4.79 Å². The Balaban J connectivity index is 1.38. The number of aromatic amines is 1. The molecule has 0 bridgehead atoms. The van der Waals surface area contributed by atoms with E-state index in [0.29, 0.717) is 24.8 Å². The van der Waals surface area contributed by atoms with Crippen molar-refractivity contribution in [3.63, 3.8) is 0 Å². The lowest BCUT2D eigenvalue weighted by molar-refractivity contribution is 0.0587. The number of hydrogen-bond acceptors (Lipinski definition) is 4. The molecule has 0 unspecified atom stereocenters. The van der Waals surface area contributed by atoms with E-state index < -0.39 is 0 Å². The lowest BCUT2D eigenvalue weighted by Gasteiger charge is -2.32. The van der Waals surface area contributed by atoms with Crippen molar-refractivity contribution in [3.8, 4) is 5.88 Å². The normalized spacial score (nSPS) is 15.4. The molecule has 0 aliphatic carbocycles. The highest BCUT2D eigenvalue weighted by atomic mass is 16.5. The molecule has 1 N–H and O–H groups in total. The minimum absolute atomic E-state index is 0.0775. The van der Waals surface area contributed by atoms with Crippen molar-refractivity contribution in [1.29, 1.82) is 0 Å². The van der Waals surface area contributed by atoms with Crippen LogP contribution in [0.5, 0.6) is 5.88 Å².